The van der Waals surface area contributed by atoms with Crippen molar-refractivity contribution in [3.8, 4) is 0 Å². The molecule has 0 unspecified atom stereocenters. The maximum atomic E-state index is 5.75. The van der Waals surface area contributed by atoms with E-state index in [2.05, 4.69) is 54.4 Å². The van der Waals surface area contributed by atoms with Crippen LogP contribution in [0.1, 0.15) is 5.56 Å². The average molecular weight is 311 g/mol. The molecule has 1 heterocycles. The van der Waals surface area contributed by atoms with E-state index < -0.39 is 0 Å². The molecule has 1 aromatic heterocycles. The van der Waals surface area contributed by atoms with Gasteiger partial charge in [-0.05, 0) is 30.7 Å². The summed E-state index contributed by atoms with van der Waals surface area (Å²) in [5, 5.41) is 5.79. The Hall–Kier alpha value is -1.55. The largest absolute Gasteiger partial charge is 0.313 e. The molecule has 0 aliphatic rings. The van der Waals surface area contributed by atoms with E-state index in [1.807, 2.05) is 17.4 Å². The van der Waals surface area contributed by atoms with Crippen LogP contribution in [0.25, 0.3) is 20.2 Å². The van der Waals surface area contributed by atoms with Gasteiger partial charge in [-0.25, -0.2) is 0 Å². The van der Waals surface area contributed by atoms with Crippen LogP contribution in [0.4, 0.5) is 0 Å². The minimum Gasteiger partial charge on any atom is -0.313 e. The summed E-state index contributed by atoms with van der Waals surface area (Å²) in [5.74, 6) is 0. The zero-order valence-electron chi connectivity index (χ0n) is 11.8. The molecule has 0 bridgehead atoms. The van der Waals surface area contributed by atoms with Crippen molar-refractivity contribution in [2.75, 3.05) is 13.1 Å². The lowest BCUT2D eigenvalue weighted by Gasteiger charge is -2.09. The third-order valence-electron chi connectivity index (χ3n) is 3.55. The Balaban J connectivity index is 2.11. The fourth-order valence-electron chi connectivity index (χ4n) is 2.55. The number of benzene rings is 2. The molecular weight excluding hydrogens is 294 g/mol. The van der Waals surface area contributed by atoms with E-state index in [9.17, 15) is 0 Å². The van der Waals surface area contributed by atoms with Gasteiger partial charge in [0.15, 0.2) is 0 Å². The molecule has 0 radical (unpaired) electrons. The van der Waals surface area contributed by atoms with Crippen molar-refractivity contribution in [2.45, 2.75) is 6.42 Å². The van der Waals surface area contributed by atoms with Gasteiger partial charge >= 0.3 is 0 Å². The molecule has 0 fully saturated rings. The monoisotopic (exact) mass is 311 g/mol. The topological polar surface area (TPSA) is 12.0 Å². The summed E-state index contributed by atoms with van der Waals surface area (Å²) in [6, 6.07) is 14.9. The van der Waals surface area contributed by atoms with Crippen LogP contribution in [-0.4, -0.2) is 13.1 Å². The standard InChI is InChI=1S/C18H17NS2/c1-2-11-19-12-10-13-6-5-9-16-17(13)18(20)14-7-3-4-8-15(14)21-16/h2-9,19H,1,10-12H2. The molecule has 106 valence electrons. The second-order valence-electron chi connectivity index (χ2n) is 4.96. The number of fused-ring (bicyclic) bond motifs is 2. The summed E-state index contributed by atoms with van der Waals surface area (Å²) >= 11 is 7.57. The third-order valence-corrected chi connectivity index (χ3v) is 5.11. The molecule has 0 atom stereocenters. The predicted molar refractivity (Wildman–Crippen MR) is 96.9 cm³/mol. The van der Waals surface area contributed by atoms with Gasteiger partial charge in [-0.3, -0.25) is 0 Å². The summed E-state index contributed by atoms with van der Waals surface area (Å²) in [7, 11) is 0. The van der Waals surface area contributed by atoms with E-state index in [1.54, 1.807) is 0 Å². The Morgan fingerprint density at radius 1 is 1.10 bits per heavy atom. The number of nitrogens with one attached hydrogen (secondary N) is 1. The zero-order valence-corrected chi connectivity index (χ0v) is 13.4. The first-order valence-corrected chi connectivity index (χ1v) is 8.29. The van der Waals surface area contributed by atoms with Gasteiger partial charge in [0.05, 0.1) is 4.51 Å². The number of hydrogen-bond donors (Lipinski definition) is 1. The molecule has 1 nitrogen and oxygen atoms in total. The highest BCUT2D eigenvalue weighted by Crippen LogP contribution is 2.32. The predicted octanol–water partition coefficient (Wildman–Crippen LogP) is 5.10. The molecule has 2 aromatic carbocycles. The van der Waals surface area contributed by atoms with Crippen molar-refractivity contribution in [3.63, 3.8) is 0 Å². The molecule has 3 aromatic rings. The van der Waals surface area contributed by atoms with Gasteiger partial charge in [-0.2, -0.15) is 0 Å². The van der Waals surface area contributed by atoms with Crippen molar-refractivity contribution >= 4 is 43.7 Å². The summed E-state index contributed by atoms with van der Waals surface area (Å²) < 4.78 is 3.52. The van der Waals surface area contributed by atoms with Crippen LogP contribution in [0.15, 0.2) is 55.1 Å². The lowest BCUT2D eigenvalue weighted by molar-refractivity contribution is 0.747. The SMILES string of the molecule is C=CCNCCc1cccc2sc3ccccc3c(=S)c12. The molecule has 0 spiro atoms. The second kappa shape index (κ2) is 6.48. The molecule has 1 N–H and O–H groups in total. The van der Waals surface area contributed by atoms with Crippen molar-refractivity contribution in [2.24, 2.45) is 0 Å². The van der Waals surface area contributed by atoms with Gasteiger partial charge in [0.2, 0.25) is 0 Å². The van der Waals surface area contributed by atoms with Gasteiger partial charge in [-0.15, -0.1) is 17.9 Å². The van der Waals surface area contributed by atoms with Gasteiger partial charge in [-0.1, -0.05) is 48.6 Å². The van der Waals surface area contributed by atoms with E-state index in [-0.39, 0.29) is 0 Å². The first-order chi connectivity index (χ1) is 10.3. The first-order valence-electron chi connectivity index (χ1n) is 7.06. The summed E-state index contributed by atoms with van der Waals surface area (Å²) in [4.78, 5) is 0. The molecule has 3 rings (SSSR count). The molecule has 0 amide bonds. The van der Waals surface area contributed by atoms with Crippen LogP contribution in [0.2, 0.25) is 0 Å². The molecule has 0 saturated carbocycles. The van der Waals surface area contributed by atoms with E-state index >= 15 is 0 Å². The van der Waals surface area contributed by atoms with Gasteiger partial charge in [0.25, 0.3) is 0 Å². The van der Waals surface area contributed by atoms with Crippen LogP contribution in [0.3, 0.4) is 0 Å². The fraction of sp³-hybridized carbons (Fsp3) is 0.167. The lowest BCUT2D eigenvalue weighted by atomic mass is 10.1. The zero-order chi connectivity index (χ0) is 14.7. The maximum Gasteiger partial charge on any atom is 0.0553 e. The van der Waals surface area contributed by atoms with Crippen molar-refractivity contribution in [3.05, 3.63) is 65.2 Å². The Morgan fingerprint density at radius 3 is 2.76 bits per heavy atom. The van der Waals surface area contributed by atoms with Crippen molar-refractivity contribution in [1.29, 1.82) is 0 Å². The first kappa shape index (κ1) is 14.4. The van der Waals surface area contributed by atoms with Crippen LogP contribution in [0.5, 0.6) is 0 Å². The van der Waals surface area contributed by atoms with Crippen LogP contribution >= 0.6 is 23.6 Å². The maximum absolute atomic E-state index is 5.75. The highest BCUT2D eigenvalue weighted by Gasteiger charge is 2.07. The van der Waals surface area contributed by atoms with Gasteiger partial charge < -0.3 is 5.32 Å². The minimum absolute atomic E-state index is 0.844. The Labute approximate surface area is 133 Å². The van der Waals surface area contributed by atoms with E-state index in [0.717, 1.165) is 24.0 Å². The highest BCUT2D eigenvalue weighted by molar-refractivity contribution is 7.72. The van der Waals surface area contributed by atoms with Gasteiger partial charge in [0, 0.05) is 26.7 Å². The highest BCUT2D eigenvalue weighted by atomic mass is 32.1. The Bertz CT molecular complexity index is 849. The third kappa shape index (κ3) is 2.91. The molecule has 21 heavy (non-hydrogen) atoms. The Kier molecular flexibility index (Phi) is 4.44. The average Bonchev–Trinajstić information content (AvgIpc) is 2.52. The number of rotatable bonds is 5. The second-order valence-corrected chi connectivity index (χ2v) is 6.45. The summed E-state index contributed by atoms with van der Waals surface area (Å²) in [6.07, 6.45) is 2.87. The van der Waals surface area contributed by atoms with E-state index in [0.29, 0.717) is 0 Å². The lowest BCUT2D eigenvalue weighted by Crippen LogP contribution is -2.16. The van der Waals surface area contributed by atoms with Crippen LogP contribution < -0.4 is 5.32 Å². The normalized spacial score (nSPS) is 11.0. The molecule has 0 aliphatic carbocycles. The van der Waals surface area contributed by atoms with E-state index in [4.69, 9.17) is 12.2 Å². The minimum atomic E-state index is 0.844. The molecule has 0 saturated heterocycles. The summed E-state index contributed by atoms with van der Waals surface area (Å²) in [5.41, 5.74) is 1.33. The van der Waals surface area contributed by atoms with Crippen LogP contribution in [0, 0.1) is 4.51 Å². The quantitative estimate of drug-likeness (QED) is 0.304. The molecule has 0 aliphatic heterocycles. The smallest absolute Gasteiger partial charge is 0.0553 e. The van der Waals surface area contributed by atoms with Crippen molar-refractivity contribution < 1.29 is 0 Å². The molecular formula is C18H17NS2. The fourth-order valence-corrected chi connectivity index (χ4v) is 4.24. The van der Waals surface area contributed by atoms with Crippen LogP contribution in [-0.2, 0) is 6.42 Å². The molecule has 3 heteroatoms. The Morgan fingerprint density at radius 2 is 1.90 bits per heavy atom. The van der Waals surface area contributed by atoms with E-state index in [1.165, 1.54) is 25.7 Å². The summed E-state index contributed by atoms with van der Waals surface area (Å²) in [6.45, 7) is 5.51. The number of hydrogen-bond acceptors (Lipinski definition) is 3. The van der Waals surface area contributed by atoms with Crippen molar-refractivity contribution in [1.82, 2.24) is 5.32 Å². The van der Waals surface area contributed by atoms with Gasteiger partial charge in [0.1, 0.15) is 0 Å².